The van der Waals surface area contributed by atoms with Crippen molar-refractivity contribution >= 4 is 29.9 Å². The number of likely N-dealkylation sites (tertiary alicyclic amines) is 1. The third kappa shape index (κ3) is 6.12. The lowest BCUT2D eigenvalue weighted by molar-refractivity contribution is -0.0504. The normalized spacial score (nSPS) is 18.6. The molecule has 2 rings (SSSR count). The average molecular weight is 439 g/mol. The molecule has 0 bridgehead atoms. The van der Waals surface area contributed by atoms with Crippen LogP contribution in [0.2, 0.25) is 0 Å². The Morgan fingerprint density at radius 2 is 2.17 bits per heavy atom. The lowest BCUT2D eigenvalue weighted by Gasteiger charge is -2.33. The van der Waals surface area contributed by atoms with E-state index in [1.807, 2.05) is 0 Å². The third-order valence-corrected chi connectivity index (χ3v) is 3.79. The molecule has 1 atom stereocenters. The number of para-hydroxylation sites is 1. The molecule has 130 valence electrons. The number of hydrogen-bond acceptors (Lipinski definition) is 2. The number of rotatable bonds is 4. The average Bonchev–Trinajstić information content (AvgIpc) is 2.49. The largest absolute Gasteiger partial charge is 0.434 e. The fourth-order valence-electron chi connectivity index (χ4n) is 2.75. The first-order valence-corrected chi connectivity index (χ1v) is 7.58. The van der Waals surface area contributed by atoms with Crippen molar-refractivity contribution in [1.82, 2.24) is 10.2 Å². The number of benzene rings is 1. The molecule has 23 heavy (non-hydrogen) atoms. The Bertz CT molecular complexity index is 514. The SMILES string of the molecule is CN=C(NCc1ccccc1OC(F)F)N1CCCC(C)C1.I. The summed E-state index contributed by atoms with van der Waals surface area (Å²) in [4.78, 5) is 6.51. The van der Waals surface area contributed by atoms with Crippen molar-refractivity contribution in [1.29, 1.82) is 0 Å². The maximum Gasteiger partial charge on any atom is 0.387 e. The Labute approximate surface area is 153 Å². The van der Waals surface area contributed by atoms with Crippen LogP contribution in [0.3, 0.4) is 0 Å². The summed E-state index contributed by atoms with van der Waals surface area (Å²) < 4.78 is 29.4. The Balaban J connectivity index is 0.00000264. The summed E-state index contributed by atoms with van der Waals surface area (Å²) in [6, 6.07) is 6.81. The number of piperidine rings is 1. The van der Waals surface area contributed by atoms with E-state index in [1.165, 1.54) is 6.42 Å². The number of halogens is 3. The molecule has 1 aromatic rings. The van der Waals surface area contributed by atoms with Crippen LogP contribution in [0.5, 0.6) is 5.75 Å². The van der Waals surface area contributed by atoms with Crippen molar-refractivity contribution in [2.75, 3.05) is 20.1 Å². The van der Waals surface area contributed by atoms with E-state index in [2.05, 4.69) is 26.9 Å². The molecule has 0 aliphatic carbocycles. The van der Waals surface area contributed by atoms with Gasteiger partial charge in [0.1, 0.15) is 5.75 Å². The number of nitrogens with one attached hydrogen (secondary N) is 1. The highest BCUT2D eigenvalue weighted by Crippen LogP contribution is 2.20. The molecule has 4 nitrogen and oxygen atoms in total. The van der Waals surface area contributed by atoms with Crippen molar-refractivity contribution < 1.29 is 13.5 Å². The van der Waals surface area contributed by atoms with E-state index in [0.717, 1.165) is 25.5 Å². The number of hydrogen-bond donors (Lipinski definition) is 1. The Hall–Kier alpha value is -1.12. The van der Waals surface area contributed by atoms with Crippen LogP contribution in [0.1, 0.15) is 25.3 Å². The van der Waals surface area contributed by atoms with Gasteiger partial charge >= 0.3 is 6.61 Å². The van der Waals surface area contributed by atoms with E-state index in [9.17, 15) is 8.78 Å². The predicted octanol–water partition coefficient (Wildman–Crippen LogP) is 3.71. The van der Waals surface area contributed by atoms with E-state index in [1.54, 1.807) is 31.3 Å². The second-order valence-electron chi connectivity index (χ2n) is 5.58. The van der Waals surface area contributed by atoms with Gasteiger partial charge in [0.25, 0.3) is 0 Å². The van der Waals surface area contributed by atoms with Gasteiger partial charge in [0, 0.05) is 32.2 Å². The van der Waals surface area contributed by atoms with Crippen LogP contribution in [-0.4, -0.2) is 37.6 Å². The minimum Gasteiger partial charge on any atom is -0.434 e. The first-order valence-electron chi connectivity index (χ1n) is 7.58. The molecule has 1 unspecified atom stereocenters. The van der Waals surface area contributed by atoms with Crippen LogP contribution >= 0.6 is 24.0 Å². The van der Waals surface area contributed by atoms with Crippen molar-refractivity contribution in [3.05, 3.63) is 29.8 Å². The lowest BCUT2D eigenvalue weighted by Crippen LogP contribution is -2.45. The van der Waals surface area contributed by atoms with E-state index >= 15 is 0 Å². The van der Waals surface area contributed by atoms with Gasteiger partial charge < -0.3 is 15.0 Å². The summed E-state index contributed by atoms with van der Waals surface area (Å²) in [6.45, 7) is 1.75. The van der Waals surface area contributed by atoms with E-state index < -0.39 is 6.61 Å². The Morgan fingerprint density at radius 1 is 1.43 bits per heavy atom. The summed E-state index contributed by atoms with van der Waals surface area (Å²) in [6.07, 6.45) is 2.38. The van der Waals surface area contributed by atoms with Crippen LogP contribution in [-0.2, 0) is 6.54 Å². The van der Waals surface area contributed by atoms with E-state index in [-0.39, 0.29) is 29.7 Å². The maximum atomic E-state index is 12.4. The molecule has 0 saturated carbocycles. The number of ether oxygens (including phenoxy) is 1. The maximum absolute atomic E-state index is 12.4. The van der Waals surface area contributed by atoms with E-state index in [4.69, 9.17) is 0 Å². The van der Waals surface area contributed by atoms with Crippen molar-refractivity contribution in [2.24, 2.45) is 10.9 Å². The Kier molecular flexibility index (Phi) is 8.57. The summed E-state index contributed by atoms with van der Waals surface area (Å²) in [7, 11) is 1.74. The molecule has 1 heterocycles. The topological polar surface area (TPSA) is 36.9 Å². The molecule has 1 aliphatic rings. The molecule has 0 amide bonds. The van der Waals surface area contributed by atoms with Crippen molar-refractivity contribution in [3.63, 3.8) is 0 Å². The van der Waals surface area contributed by atoms with Crippen LogP contribution in [0.15, 0.2) is 29.3 Å². The van der Waals surface area contributed by atoms with Gasteiger partial charge in [-0.05, 0) is 24.8 Å². The van der Waals surface area contributed by atoms with Gasteiger partial charge in [-0.2, -0.15) is 8.78 Å². The van der Waals surface area contributed by atoms with Crippen LogP contribution in [0, 0.1) is 5.92 Å². The van der Waals surface area contributed by atoms with Gasteiger partial charge in [0.15, 0.2) is 5.96 Å². The predicted molar refractivity (Wildman–Crippen MR) is 98.7 cm³/mol. The zero-order chi connectivity index (χ0) is 15.9. The molecule has 1 saturated heterocycles. The summed E-state index contributed by atoms with van der Waals surface area (Å²) in [5.41, 5.74) is 0.689. The monoisotopic (exact) mass is 439 g/mol. The van der Waals surface area contributed by atoms with Gasteiger partial charge in [-0.25, -0.2) is 0 Å². The molecule has 1 aromatic carbocycles. The van der Waals surface area contributed by atoms with Crippen LogP contribution in [0.4, 0.5) is 8.78 Å². The number of alkyl halides is 2. The standard InChI is InChI=1S/C16H23F2N3O.HI/c1-12-6-5-9-21(11-12)16(19-2)20-10-13-7-3-4-8-14(13)22-15(17)18;/h3-4,7-8,12,15H,5-6,9-11H2,1-2H3,(H,19,20);1H. The molecule has 0 spiro atoms. The van der Waals surface area contributed by atoms with E-state index in [0.29, 0.717) is 18.0 Å². The second-order valence-corrected chi connectivity index (χ2v) is 5.58. The highest BCUT2D eigenvalue weighted by Gasteiger charge is 2.19. The molecule has 1 fully saturated rings. The molecule has 7 heteroatoms. The molecule has 1 aliphatic heterocycles. The van der Waals surface area contributed by atoms with Gasteiger partial charge in [-0.15, -0.1) is 24.0 Å². The second kappa shape index (κ2) is 9.89. The fourth-order valence-corrected chi connectivity index (χ4v) is 2.75. The van der Waals surface area contributed by atoms with Crippen LogP contribution < -0.4 is 10.1 Å². The zero-order valence-corrected chi connectivity index (χ0v) is 15.8. The molecule has 0 radical (unpaired) electrons. The summed E-state index contributed by atoms with van der Waals surface area (Å²) in [5, 5.41) is 3.24. The first kappa shape index (κ1) is 19.9. The summed E-state index contributed by atoms with van der Waals surface area (Å²) in [5.74, 6) is 1.65. The molecule has 1 N–H and O–H groups in total. The number of guanidine groups is 1. The van der Waals surface area contributed by atoms with Crippen LogP contribution in [0.25, 0.3) is 0 Å². The molecule has 0 aromatic heterocycles. The minimum atomic E-state index is -2.82. The fraction of sp³-hybridized carbons (Fsp3) is 0.562. The van der Waals surface area contributed by atoms with Crippen molar-refractivity contribution in [3.8, 4) is 5.75 Å². The van der Waals surface area contributed by atoms with Gasteiger partial charge in [0.2, 0.25) is 0 Å². The highest BCUT2D eigenvalue weighted by molar-refractivity contribution is 14.0. The summed E-state index contributed by atoms with van der Waals surface area (Å²) >= 11 is 0. The van der Waals surface area contributed by atoms with Gasteiger partial charge in [0.05, 0.1) is 0 Å². The van der Waals surface area contributed by atoms with Gasteiger partial charge in [-0.1, -0.05) is 25.1 Å². The quantitative estimate of drug-likeness (QED) is 0.442. The number of nitrogens with zero attached hydrogens (tertiary/aromatic N) is 2. The lowest BCUT2D eigenvalue weighted by atomic mass is 10.0. The molecular formula is C16H24F2IN3O. The number of aliphatic imine (C=N–C) groups is 1. The third-order valence-electron chi connectivity index (χ3n) is 3.79. The first-order chi connectivity index (χ1) is 10.6. The zero-order valence-electron chi connectivity index (χ0n) is 13.5. The van der Waals surface area contributed by atoms with Gasteiger partial charge in [-0.3, -0.25) is 4.99 Å². The highest BCUT2D eigenvalue weighted by atomic mass is 127. The smallest absolute Gasteiger partial charge is 0.387 e. The molecular weight excluding hydrogens is 415 g/mol. The minimum absolute atomic E-state index is 0. The van der Waals surface area contributed by atoms with Crippen molar-refractivity contribution in [2.45, 2.75) is 32.9 Å². The Morgan fingerprint density at radius 3 is 2.83 bits per heavy atom.